The second kappa shape index (κ2) is 7.87. The number of para-hydroxylation sites is 1. The minimum Gasteiger partial charge on any atom is -0.493 e. The van der Waals surface area contributed by atoms with Gasteiger partial charge in [0.05, 0.1) is 16.8 Å². The number of nitrogens with zero attached hydrogens (tertiary/aromatic N) is 3. The van der Waals surface area contributed by atoms with Crippen molar-refractivity contribution >= 4 is 35.1 Å². The highest BCUT2D eigenvalue weighted by Crippen LogP contribution is 2.38. The van der Waals surface area contributed by atoms with Crippen LogP contribution in [0.25, 0.3) is 16.1 Å². The number of aromatic hydroxyl groups is 1. The Bertz CT molecular complexity index is 1180. The first-order chi connectivity index (χ1) is 13.7. The number of rotatable bonds is 5. The van der Waals surface area contributed by atoms with E-state index in [4.69, 9.17) is 0 Å². The Balaban J connectivity index is 1.73. The summed E-state index contributed by atoms with van der Waals surface area (Å²) in [7, 11) is 0. The zero-order valence-electron chi connectivity index (χ0n) is 14.9. The molecule has 8 heteroatoms. The van der Waals surface area contributed by atoms with Crippen molar-refractivity contribution < 1.29 is 5.11 Å². The molecule has 4 aromatic rings. The first-order valence-corrected chi connectivity index (χ1v) is 10.4. The van der Waals surface area contributed by atoms with E-state index in [1.165, 1.54) is 10.8 Å². The van der Waals surface area contributed by atoms with E-state index in [2.05, 4.69) is 15.0 Å². The maximum absolute atomic E-state index is 12.3. The molecule has 0 bridgehead atoms. The number of aromatic nitrogens is 3. The van der Waals surface area contributed by atoms with Crippen LogP contribution in [0.1, 0.15) is 5.69 Å². The molecule has 0 atom stereocenters. The summed E-state index contributed by atoms with van der Waals surface area (Å²) in [6.45, 7) is 0. The van der Waals surface area contributed by atoms with Crippen LogP contribution in [0.15, 0.2) is 74.8 Å². The third-order valence-corrected chi connectivity index (χ3v) is 6.11. The predicted molar refractivity (Wildman–Crippen MR) is 115 cm³/mol. The molecule has 6 nitrogen and oxygen atoms in total. The van der Waals surface area contributed by atoms with Crippen molar-refractivity contribution in [2.75, 3.05) is 6.26 Å². The smallest absolute Gasteiger partial charge is 0.333 e. The molecule has 28 heavy (non-hydrogen) atoms. The van der Waals surface area contributed by atoms with Gasteiger partial charge < -0.3 is 10.1 Å². The van der Waals surface area contributed by atoms with Crippen molar-refractivity contribution in [3.63, 3.8) is 0 Å². The first kappa shape index (κ1) is 18.3. The van der Waals surface area contributed by atoms with E-state index in [1.807, 2.05) is 42.7 Å². The molecule has 0 radical (unpaired) electrons. The largest absolute Gasteiger partial charge is 0.493 e. The monoisotopic (exact) mass is 408 g/mol. The molecule has 0 unspecified atom stereocenters. The van der Waals surface area contributed by atoms with E-state index in [9.17, 15) is 9.90 Å². The number of imidazole rings is 1. The second-order valence-electron chi connectivity index (χ2n) is 5.80. The van der Waals surface area contributed by atoms with Crippen LogP contribution in [0.5, 0.6) is 5.88 Å². The molecule has 4 rings (SSSR count). The third kappa shape index (κ3) is 3.51. The number of benzene rings is 2. The lowest BCUT2D eigenvalue weighted by atomic mass is 10.2. The first-order valence-electron chi connectivity index (χ1n) is 8.41. The fraction of sp³-hybridized carbons (Fsp3) is 0.0500. The van der Waals surface area contributed by atoms with E-state index >= 15 is 0 Å². The van der Waals surface area contributed by atoms with Crippen LogP contribution < -0.4 is 5.69 Å². The van der Waals surface area contributed by atoms with Crippen molar-refractivity contribution in [2.24, 2.45) is 4.99 Å². The number of H-pyrrole nitrogens is 1. The number of aromatic amines is 1. The molecule has 0 amide bonds. The van der Waals surface area contributed by atoms with Crippen LogP contribution in [-0.2, 0) is 0 Å². The van der Waals surface area contributed by atoms with E-state index in [1.54, 1.807) is 47.4 Å². The average molecular weight is 409 g/mol. The van der Waals surface area contributed by atoms with Crippen LogP contribution in [0.3, 0.4) is 0 Å². The van der Waals surface area contributed by atoms with Gasteiger partial charge in [-0.15, -0.1) is 11.3 Å². The van der Waals surface area contributed by atoms with Crippen molar-refractivity contribution in [1.29, 1.82) is 0 Å². The summed E-state index contributed by atoms with van der Waals surface area (Å²) < 4.78 is 2.10. The Kier molecular flexibility index (Phi) is 5.14. The number of hydrogen-bond acceptors (Lipinski definition) is 6. The van der Waals surface area contributed by atoms with Gasteiger partial charge in [0.15, 0.2) is 10.2 Å². The molecule has 0 saturated heterocycles. The SMILES string of the molecule is CSc1nc(N=Cc2[nH]c(=O)n(-c3ccccc3)c2O)c(-c2ccccc2)s1. The summed E-state index contributed by atoms with van der Waals surface area (Å²) in [5.74, 6) is 0.356. The summed E-state index contributed by atoms with van der Waals surface area (Å²) in [6.07, 6.45) is 3.39. The normalized spacial score (nSPS) is 11.3. The Hall–Kier alpha value is -3.10. The number of hydrogen-bond donors (Lipinski definition) is 2. The minimum absolute atomic E-state index is 0.193. The molecule has 0 aliphatic carbocycles. The van der Waals surface area contributed by atoms with Gasteiger partial charge in [-0.1, -0.05) is 60.3 Å². The molecule has 2 heterocycles. The van der Waals surface area contributed by atoms with E-state index in [-0.39, 0.29) is 11.6 Å². The van der Waals surface area contributed by atoms with Crippen molar-refractivity contribution in [2.45, 2.75) is 4.34 Å². The quantitative estimate of drug-likeness (QED) is 0.377. The highest BCUT2D eigenvalue weighted by molar-refractivity contribution is 8.00. The van der Waals surface area contributed by atoms with E-state index in [0.717, 1.165) is 14.8 Å². The van der Waals surface area contributed by atoms with Crippen molar-refractivity contribution in [1.82, 2.24) is 14.5 Å². The lowest BCUT2D eigenvalue weighted by molar-refractivity contribution is 0.440. The van der Waals surface area contributed by atoms with Gasteiger partial charge in [0.25, 0.3) is 0 Å². The molecule has 0 aliphatic heterocycles. The van der Waals surface area contributed by atoms with Crippen LogP contribution >= 0.6 is 23.1 Å². The van der Waals surface area contributed by atoms with Crippen LogP contribution in [-0.4, -0.2) is 32.1 Å². The number of aliphatic imine (C=N–C) groups is 1. The minimum atomic E-state index is -0.434. The Labute approximate surface area is 169 Å². The van der Waals surface area contributed by atoms with Gasteiger partial charge in [-0.2, -0.15) is 0 Å². The van der Waals surface area contributed by atoms with Gasteiger partial charge in [0, 0.05) is 0 Å². The molecule has 2 aromatic carbocycles. The highest BCUT2D eigenvalue weighted by Gasteiger charge is 2.15. The van der Waals surface area contributed by atoms with Crippen LogP contribution in [0.2, 0.25) is 0 Å². The average Bonchev–Trinajstić information content (AvgIpc) is 3.28. The maximum atomic E-state index is 12.3. The molecular weight excluding hydrogens is 392 g/mol. The molecule has 0 aliphatic rings. The Morgan fingerprint density at radius 3 is 2.50 bits per heavy atom. The topological polar surface area (TPSA) is 83.3 Å². The zero-order valence-corrected chi connectivity index (χ0v) is 16.5. The van der Waals surface area contributed by atoms with Gasteiger partial charge in [-0.25, -0.2) is 19.3 Å². The fourth-order valence-electron chi connectivity index (χ4n) is 2.72. The lowest BCUT2D eigenvalue weighted by Gasteiger charge is -2.01. The van der Waals surface area contributed by atoms with E-state index in [0.29, 0.717) is 11.5 Å². The fourth-order valence-corrected chi connectivity index (χ4v) is 4.23. The maximum Gasteiger partial charge on any atom is 0.333 e. The van der Waals surface area contributed by atoms with Gasteiger partial charge in [-0.3, -0.25) is 0 Å². The second-order valence-corrected chi connectivity index (χ2v) is 7.85. The van der Waals surface area contributed by atoms with Crippen molar-refractivity contribution in [3.8, 4) is 22.0 Å². The van der Waals surface area contributed by atoms with Gasteiger partial charge in [0.1, 0.15) is 5.69 Å². The molecular formula is C20H16N4O2S2. The Morgan fingerprint density at radius 2 is 1.82 bits per heavy atom. The lowest BCUT2D eigenvalue weighted by Crippen LogP contribution is -2.14. The summed E-state index contributed by atoms with van der Waals surface area (Å²) in [5, 5.41) is 10.5. The molecule has 0 spiro atoms. The van der Waals surface area contributed by atoms with E-state index < -0.39 is 5.69 Å². The Morgan fingerprint density at radius 1 is 1.14 bits per heavy atom. The van der Waals surface area contributed by atoms with Crippen LogP contribution in [0.4, 0.5) is 5.82 Å². The van der Waals surface area contributed by atoms with Gasteiger partial charge >= 0.3 is 5.69 Å². The van der Waals surface area contributed by atoms with Crippen molar-refractivity contribution in [3.05, 3.63) is 76.8 Å². The predicted octanol–water partition coefficient (Wildman–Crippen LogP) is 4.47. The summed E-state index contributed by atoms with van der Waals surface area (Å²) in [6, 6.07) is 18.8. The molecule has 0 fully saturated rings. The molecule has 2 aromatic heterocycles. The standard InChI is InChI=1S/C20H16N4O2S2/c1-27-20-23-17(16(28-20)13-8-4-2-5-9-13)21-12-15-18(25)24(19(26)22-15)14-10-6-3-7-11-14/h2-12,25H,1H3,(H,22,26). The molecule has 2 N–H and O–H groups in total. The third-order valence-electron chi connectivity index (χ3n) is 4.03. The number of nitrogens with one attached hydrogen (secondary N) is 1. The van der Waals surface area contributed by atoms with Crippen LogP contribution in [0, 0.1) is 0 Å². The van der Waals surface area contributed by atoms with Gasteiger partial charge in [-0.05, 0) is 24.0 Å². The summed E-state index contributed by atoms with van der Waals surface area (Å²) in [4.78, 5) is 24.8. The summed E-state index contributed by atoms with van der Waals surface area (Å²) in [5.41, 5.74) is 1.39. The number of thioether (sulfide) groups is 1. The number of thiazole rings is 1. The zero-order chi connectivity index (χ0) is 19.5. The van der Waals surface area contributed by atoms with Gasteiger partial charge in [0.2, 0.25) is 5.88 Å². The summed E-state index contributed by atoms with van der Waals surface area (Å²) >= 11 is 3.10. The molecule has 140 valence electrons. The molecule has 0 saturated carbocycles. The highest BCUT2D eigenvalue weighted by atomic mass is 32.2.